The van der Waals surface area contributed by atoms with E-state index < -0.39 is 0 Å². The molecular weight excluding hydrogens is 412 g/mol. The summed E-state index contributed by atoms with van der Waals surface area (Å²) < 4.78 is 0.953. The van der Waals surface area contributed by atoms with Gasteiger partial charge in [-0.3, -0.25) is 4.79 Å². The zero-order chi connectivity index (χ0) is 18.1. The molecule has 3 aromatic carbocycles. The molecule has 0 bridgehead atoms. The largest absolute Gasteiger partial charge is 0.360 e. The van der Waals surface area contributed by atoms with Gasteiger partial charge in [0.1, 0.15) is 6.17 Å². The molecule has 5 heteroatoms. The van der Waals surface area contributed by atoms with E-state index in [9.17, 15) is 4.79 Å². The van der Waals surface area contributed by atoms with Gasteiger partial charge in [0.15, 0.2) is 0 Å². The minimum Gasteiger partial charge on any atom is -0.360 e. The van der Waals surface area contributed by atoms with Crippen molar-refractivity contribution in [1.29, 1.82) is 0 Å². The number of halogens is 2. The van der Waals surface area contributed by atoms with Gasteiger partial charge in [0, 0.05) is 27.2 Å². The van der Waals surface area contributed by atoms with Gasteiger partial charge in [0.25, 0.3) is 5.91 Å². The van der Waals surface area contributed by atoms with Crippen molar-refractivity contribution in [1.82, 2.24) is 4.90 Å². The maximum absolute atomic E-state index is 13.0. The van der Waals surface area contributed by atoms with Crippen LogP contribution in [-0.2, 0) is 6.54 Å². The van der Waals surface area contributed by atoms with Crippen molar-refractivity contribution in [3.8, 4) is 0 Å². The molecule has 1 atom stereocenters. The van der Waals surface area contributed by atoms with Gasteiger partial charge in [0.05, 0.1) is 5.69 Å². The fraction of sp³-hybridized carbons (Fsp3) is 0.0952. The molecular formula is C21H16BrClN2O. The molecule has 0 radical (unpaired) electrons. The zero-order valence-corrected chi connectivity index (χ0v) is 16.2. The first kappa shape index (κ1) is 17.1. The first-order valence-corrected chi connectivity index (χ1v) is 9.46. The van der Waals surface area contributed by atoms with E-state index in [0.717, 1.165) is 26.9 Å². The fourth-order valence-electron chi connectivity index (χ4n) is 3.22. The second kappa shape index (κ2) is 7.14. The number of anilines is 1. The number of fused-ring (bicyclic) bond motifs is 1. The Labute approximate surface area is 165 Å². The van der Waals surface area contributed by atoms with Crippen LogP contribution in [0.3, 0.4) is 0 Å². The first-order valence-electron chi connectivity index (χ1n) is 8.29. The molecule has 1 amide bonds. The van der Waals surface area contributed by atoms with Gasteiger partial charge in [0.2, 0.25) is 0 Å². The van der Waals surface area contributed by atoms with Gasteiger partial charge in [-0.2, -0.15) is 0 Å². The van der Waals surface area contributed by atoms with E-state index in [1.807, 2.05) is 77.7 Å². The third-order valence-electron chi connectivity index (χ3n) is 4.52. The van der Waals surface area contributed by atoms with Crippen LogP contribution in [0.4, 0.5) is 5.69 Å². The third-order valence-corrected chi connectivity index (χ3v) is 5.58. The van der Waals surface area contributed by atoms with Crippen molar-refractivity contribution in [2.24, 2.45) is 0 Å². The summed E-state index contributed by atoms with van der Waals surface area (Å²) in [6.07, 6.45) is -0.256. The summed E-state index contributed by atoms with van der Waals surface area (Å²) in [6, 6.07) is 23.2. The molecule has 0 unspecified atom stereocenters. The number of rotatable bonds is 4. The van der Waals surface area contributed by atoms with E-state index in [4.69, 9.17) is 11.6 Å². The SMILES string of the molecule is O=C1c2ccccc2[C@H](Nc2ccccc2Br)N1Cc1ccccc1Cl. The standard InChI is InChI=1S/C21H16BrClN2O/c22-17-10-4-6-12-19(17)24-20-15-8-2-3-9-16(15)21(26)25(20)13-14-7-1-5-11-18(14)23/h1-12,20,24H,13H2/t20-/m1/s1. The Morgan fingerprint density at radius 2 is 1.65 bits per heavy atom. The molecule has 0 saturated heterocycles. The normalized spacial score (nSPS) is 15.8. The lowest BCUT2D eigenvalue weighted by Gasteiger charge is -2.28. The highest BCUT2D eigenvalue weighted by molar-refractivity contribution is 9.10. The van der Waals surface area contributed by atoms with Crippen molar-refractivity contribution >= 4 is 39.1 Å². The number of benzene rings is 3. The molecule has 1 aliphatic heterocycles. The van der Waals surface area contributed by atoms with E-state index >= 15 is 0 Å². The second-order valence-electron chi connectivity index (χ2n) is 6.14. The van der Waals surface area contributed by atoms with Crippen LogP contribution in [0, 0.1) is 0 Å². The number of nitrogens with one attached hydrogen (secondary N) is 1. The van der Waals surface area contributed by atoms with Crippen molar-refractivity contribution < 1.29 is 4.79 Å². The van der Waals surface area contributed by atoms with Gasteiger partial charge in [-0.05, 0) is 45.8 Å². The van der Waals surface area contributed by atoms with E-state index in [0.29, 0.717) is 11.6 Å². The van der Waals surface area contributed by atoms with E-state index in [-0.39, 0.29) is 12.1 Å². The minimum atomic E-state index is -0.256. The molecule has 0 fully saturated rings. The third kappa shape index (κ3) is 3.11. The highest BCUT2D eigenvalue weighted by Gasteiger charge is 2.36. The summed E-state index contributed by atoms with van der Waals surface area (Å²) in [7, 11) is 0. The van der Waals surface area contributed by atoms with Crippen molar-refractivity contribution in [3.05, 3.63) is 99.0 Å². The van der Waals surface area contributed by atoms with Crippen LogP contribution in [0.5, 0.6) is 0 Å². The van der Waals surface area contributed by atoms with Crippen LogP contribution >= 0.6 is 27.5 Å². The molecule has 1 aliphatic rings. The second-order valence-corrected chi connectivity index (χ2v) is 7.40. The fourth-order valence-corrected chi connectivity index (χ4v) is 3.82. The van der Waals surface area contributed by atoms with Crippen molar-refractivity contribution in [3.63, 3.8) is 0 Å². The van der Waals surface area contributed by atoms with Crippen LogP contribution in [0.2, 0.25) is 5.02 Å². The first-order chi connectivity index (χ1) is 12.6. The molecule has 26 heavy (non-hydrogen) atoms. The van der Waals surface area contributed by atoms with Crippen LogP contribution in [-0.4, -0.2) is 10.8 Å². The Balaban J connectivity index is 1.73. The lowest BCUT2D eigenvalue weighted by molar-refractivity contribution is 0.0729. The van der Waals surface area contributed by atoms with E-state index in [1.54, 1.807) is 0 Å². The molecule has 1 heterocycles. The number of nitrogens with zero attached hydrogens (tertiary/aromatic N) is 1. The quantitative estimate of drug-likeness (QED) is 0.565. The van der Waals surface area contributed by atoms with E-state index in [2.05, 4.69) is 21.2 Å². The molecule has 3 nitrogen and oxygen atoms in total. The Hall–Kier alpha value is -2.30. The Bertz CT molecular complexity index is 975. The number of hydrogen-bond donors (Lipinski definition) is 1. The monoisotopic (exact) mass is 426 g/mol. The maximum Gasteiger partial charge on any atom is 0.256 e. The van der Waals surface area contributed by atoms with Crippen LogP contribution in [0.15, 0.2) is 77.3 Å². The smallest absolute Gasteiger partial charge is 0.256 e. The topological polar surface area (TPSA) is 32.3 Å². The van der Waals surface area contributed by atoms with Crippen LogP contribution in [0.1, 0.15) is 27.7 Å². The van der Waals surface area contributed by atoms with E-state index in [1.165, 1.54) is 0 Å². The molecule has 130 valence electrons. The highest BCUT2D eigenvalue weighted by Crippen LogP contribution is 2.37. The predicted molar refractivity (Wildman–Crippen MR) is 108 cm³/mol. The number of hydrogen-bond acceptors (Lipinski definition) is 2. The average molecular weight is 428 g/mol. The minimum absolute atomic E-state index is 0.00470. The number of amides is 1. The highest BCUT2D eigenvalue weighted by atomic mass is 79.9. The zero-order valence-electron chi connectivity index (χ0n) is 13.8. The molecule has 0 aliphatic carbocycles. The molecule has 0 saturated carbocycles. The molecule has 4 rings (SSSR count). The average Bonchev–Trinajstić information content (AvgIpc) is 2.91. The Morgan fingerprint density at radius 1 is 0.962 bits per heavy atom. The van der Waals surface area contributed by atoms with Gasteiger partial charge in [-0.15, -0.1) is 0 Å². The maximum atomic E-state index is 13.0. The van der Waals surface area contributed by atoms with Gasteiger partial charge in [-0.25, -0.2) is 0 Å². The number of carbonyl (C=O) groups excluding carboxylic acids is 1. The van der Waals surface area contributed by atoms with Crippen LogP contribution in [0.25, 0.3) is 0 Å². The number of para-hydroxylation sites is 1. The predicted octanol–water partition coefficient (Wildman–Crippen LogP) is 5.87. The molecule has 3 aromatic rings. The van der Waals surface area contributed by atoms with Crippen LogP contribution < -0.4 is 5.32 Å². The summed E-state index contributed by atoms with van der Waals surface area (Å²) in [5.41, 5.74) is 3.56. The lowest BCUT2D eigenvalue weighted by Crippen LogP contribution is -2.32. The van der Waals surface area contributed by atoms with Gasteiger partial charge in [-0.1, -0.05) is 60.1 Å². The molecule has 0 aromatic heterocycles. The summed E-state index contributed by atoms with van der Waals surface area (Å²) in [5, 5.41) is 4.16. The molecule has 0 spiro atoms. The summed E-state index contributed by atoms with van der Waals surface area (Å²) >= 11 is 9.90. The van der Waals surface area contributed by atoms with Crippen molar-refractivity contribution in [2.75, 3.05) is 5.32 Å². The molecule has 1 N–H and O–H groups in total. The van der Waals surface area contributed by atoms with Gasteiger partial charge < -0.3 is 10.2 Å². The van der Waals surface area contributed by atoms with Crippen molar-refractivity contribution in [2.45, 2.75) is 12.7 Å². The summed E-state index contributed by atoms with van der Waals surface area (Å²) in [4.78, 5) is 14.9. The summed E-state index contributed by atoms with van der Waals surface area (Å²) in [6.45, 7) is 0.440. The Morgan fingerprint density at radius 3 is 2.46 bits per heavy atom. The number of carbonyl (C=O) groups is 1. The Kier molecular flexibility index (Phi) is 4.70. The summed E-state index contributed by atoms with van der Waals surface area (Å²) in [5.74, 6) is 0.00470. The van der Waals surface area contributed by atoms with Gasteiger partial charge >= 0.3 is 0 Å². The lowest BCUT2D eigenvalue weighted by atomic mass is 10.1.